The molecule has 1 atom stereocenters. The zero-order chi connectivity index (χ0) is 22.7. The van der Waals surface area contributed by atoms with Gasteiger partial charge in [0.2, 0.25) is 5.91 Å². The van der Waals surface area contributed by atoms with Gasteiger partial charge in [0.15, 0.2) is 0 Å². The maximum atomic E-state index is 13.4. The second kappa shape index (κ2) is 9.33. The molecular formula is C26H32N2O4. The molecule has 2 aromatic carbocycles. The van der Waals surface area contributed by atoms with Gasteiger partial charge in [-0.2, -0.15) is 0 Å². The summed E-state index contributed by atoms with van der Waals surface area (Å²) < 4.78 is 10.9. The molecule has 32 heavy (non-hydrogen) atoms. The first-order valence-corrected chi connectivity index (χ1v) is 11.3. The molecule has 1 N–H and O–H groups in total. The van der Waals surface area contributed by atoms with E-state index in [9.17, 15) is 9.59 Å². The van der Waals surface area contributed by atoms with E-state index in [1.807, 2.05) is 50.2 Å². The number of carbonyl (C=O) groups excluding carboxylic acids is 2. The normalized spacial score (nSPS) is 18.4. The monoisotopic (exact) mass is 436 g/mol. The summed E-state index contributed by atoms with van der Waals surface area (Å²) in [5.41, 5.74) is 2.66. The smallest absolute Gasteiger partial charge is 0.255 e. The Balaban J connectivity index is 1.52. The minimum absolute atomic E-state index is 0.000104. The van der Waals surface area contributed by atoms with Crippen LogP contribution in [0.5, 0.6) is 5.75 Å². The second-order valence-electron chi connectivity index (χ2n) is 9.12. The molecule has 6 heteroatoms. The van der Waals surface area contributed by atoms with Crippen molar-refractivity contribution in [3.05, 3.63) is 65.2 Å². The van der Waals surface area contributed by atoms with Gasteiger partial charge in [-0.05, 0) is 48.1 Å². The Morgan fingerprint density at radius 3 is 2.44 bits per heavy atom. The number of nitrogens with one attached hydrogen (secondary N) is 1. The molecule has 2 aromatic rings. The van der Waals surface area contributed by atoms with Gasteiger partial charge in [0, 0.05) is 37.3 Å². The van der Waals surface area contributed by atoms with E-state index >= 15 is 0 Å². The molecule has 0 bridgehead atoms. The third kappa shape index (κ3) is 4.24. The summed E-state index contributed by atoms with van der Waals surface area (Å²) in [5, 5.41) is 3.21. The van der Waals surface area contributed by atoms with Crippen LogP contribution in [-0.4, -0.2) is 49.6 Å². The highest BCUT2D eigenvalue weighted by Crippen LogP contribution is 2.35. The number of methoxy groups -OCH3 is 1. The van der Waals surface area contributed by atoms with E-state index in [1.165, 1.54) is 5.56 Å². The third-order valence-electron chi connectivity index (χ3n) is 6.84. The van der Waals surface area contributed by atoms with Crippen LogP contribution in [-0.2, 0) is 21.5 Å². The Bertz CT molecular complexity index is 964. The van der Waals surface area contributed by atoms with Gasteiger partial charge in [-0.3, -0.25) is 9.59 Å². The fourth-order valence-corrected chi connectivity index (χ4v) is 4.94. The second-order valence-corrected chi connectivity index (χ2v) is 9.12. The van der Waals surface area contributed by atoms with Crippen LogP contribution in [0.2, 0.25) is 0 Å². The predicted molar refractivity (Wildman–Crippen MR) is 123 cm³/mol. The van der Waals surface area contributed by atoms with Gasteiger partial charge in [0.25, 0.3) is 5.91 Å². The van der Waals surface area contributed by atoms with Crippen LogP contribution in [0.25, 0.3) is 0 Å². The Morgan fingerprint density at radius 2 is 1.81 bits per heavy atom. The van der Waals surface area contributed by atoms with Crippen LogP contribution in [0, 0.1) is 5.92 Å². The predicted octanol–water partition coefficient (Wildman–Crippen LogP) is 3.54. The van der Waals surface area contributed by atoms with Gasteiger partial charge >= 0.3 is 0 Å². The molecular weight excluding hydrogens is 404 g/mol. The van der Waals surface area contributed by atoms with Crippen molar-refractivity contribution in [1.29, 1.82) is 0 Å². The van der Waals surface area contributed by atoms with Crippen LogP contribution in [0.4, 0.5) is 0 Å². The summed E-state index contributed by atoms with van der Waals surface area (Å²) in [6.07, 6.45) is 1.67. The van der Waals surface area contributed by atoms with Crippen LogP contribution in [0.3, 0.4) is 0 Å². The number of fused-ring (bicyclic) bond motifs is 1. The molecule has 0 aromatic heterocycles. The number of hydrogen-bond acceptors (Lipinski definition) is 4. The Morgan fingerprint density at radius 1 is 1.12 bits per heavy atom. The molecule has 0 spiro atoms. The van der Waals surface area contributed by atoms with Crippen molar-refractivity contribution < 1.29 is 19.1 Å². The van der Waals surface area contributed by atoms with Gasteiger partial charge in [-0.15, -0.1) is 0 Å². The fourth-order valence-electron chi connectivity index (χ4n) is 4.94. The van der Waals surface area contributed by atoms with E-state index in [0.717, 1.165) is 24.2 Å². The van der Waals surface area contributed by atoms with Crippen LogP contribution in [0.15, 0.2) is 48.5 Å². The zero-order valence-corrected chi connectivity index (χ0v) is 19.1. The van der Waals surface area contributed by atoms with Crippen molar-refractivity contribution in [2.24, 2.45) is 5.92 Å². The Labute approximate surface area is 189 Å². The maximum Gasteiger partial charge on any atom is 0.255 e. The number of ether oxygens (including phenoxy) is 2. The van der Waals surface area contributed by atoms with Crippen molar-refractivity contribution in [2.75, 3.05) is 26.9 Å². The highest BCUT2D eigenvalue weighted by molar-refractivity contribution is 6.01. The topological polar surface area (TPSA) is 67.9 Å². The van der Waals surface area contributed by atoms with E-state index in [2.05, 4.69) is 17.4 Å². The molecule has 170 valence electrons. The quantitative estimate of drug-likeness (QED) is 0.721. The van der Waals surface area contributed by atoms with Crippen molar-refractivity contribution in [3.63, 3.8) is 0 Å². The largest absolute Gasteiger partial charge is 0.497 e. The first-order chi connectivity index (χ1) is 15.4. The highest BCUT2D eigenvalue weighted by Gasteiger charge is 2.40. The van der Waals surface area contributed by atoms with Crippen molar-refractivity contribution in [1.82, 2.24) is 10.2 Å². The van der Waals surface area contributed by atoms with Crippen molar-refractivity contribution >= 4 is 11.8 Å². The van der Waals surface area contributed by atoms with E-state index in [-0.39, 0.29) is 23.1 Å². The lowest BCUT2D eigenvalue weighted by molar-refractivity contribution is -0.127. The van der Waals surface area contributed by atoms with Crippen molar-refractivity contribution in [3.8, 4) is 5.75 Å². The lowest BCUT2D eigenvalue weighted by Crippen LogP contribution is -2.53. The number of nitrogens with zero attached hydrogens (tertiary/aromatic N) is 1. The standard InChI is InChI=1S/C26H32N2O4/c1-18(2)23(28-16-19-6-4-5-7-22(19)25(28)30)24(29)27-17-26(12-14-32-15-13-26)20-8-10-21(31-3)11-9-20/h4-11,18,23H,12-17H2,1-3H3,(H,27,29). The van der Waals surface area contributed by atoms with Gasteiger partial charge in [0.05, 0.1) is 7.11 Å². The molecule has 2 aliphatic heterocycles. The van der Waals surface area contributed by atoms with Crippen LogP contribution in [0.1, 0.15) is 48.2 Å². The molecule has 1 saturated heterocycles. The highest BCUT2D eigenvalue weighted by atomic mass is 16.5. The summed E-state index contributed by atoms with van der Waals surface area (Å²) >= 11 is 0. The zero-order valence-electron chi connectivity index (χ0n) is 19.1. The maximum absolute atomic E-state index is 13.4. The molecule has 0 aliphatic carbocycles. The van der Waals surface area contributed by atoms with Gasteiger partial charge in [-0.25, -0.2) is 0 Å². The molecule has 4 rings (SSSR count). The Hall–Kier alpha value is -2.86. The minimum Gasteiger partial charge on any atom is -0.497 e. The van der Waals surface area contributed by atoms with E-state index in [1.54, 1.807) is 12.0 Å². The molecule has 0 saturated carbocycles. The average Bonchev–Trinajstić information content (AvgIpc) is 3.14. The van der Waals surface area contributed by atoms with Gasteiger partial charge < -0.3 is 19.7 Å². The van der Waals surface area contributed by atoms with E-state index < -0.39 is 6.04 Å². The first kappa shape index (κ1) is 22.3. The summed E-state index contributed by atoms with van der Waals surface area (Å²) in [7, 11) is 1.66. The molecule has 1 unspecified atom stereocenters. The molecule has 2 amide bonds. The number of rotatable bonds is 7. The van der Waals surface area contributed by atoms with E-state index in [0.29, 0.717) is 31.9 Å². The molecule has 0 radical (unpaired) electrons. The molecule has 6 nitrogen and oxygen atoms in total. The molecule has 2 aliphatic rings. The van der Waals surface area contributed by atoms with Gasteiger partial charge in [-0.1, -0.05) is 44.2 Å². The minimum atomic E-state index is -0.511. The number of hydrogen-bond donors (Lipinski definition) is 1. The summed E-state index contributed by atoms with van der Waals surface area (Å²) in [4.78, 5) is 28.2. The third-order valence-corrected chi connectivity index (χ3v) is 6.84. The van der Waals surface area contributed by atoms with Gasteiger partial charge in [0.1, 0.15) is 11.8 Å². The first-order valence-electron chi connectivity index (χ1n) is 11.3. The number of benzene rings is 2. The number of amides is 2. The summed E-state index contributed by atoms with van der Waals surface area (Å²) in [5.74, 6) is 0.651. The lowest BCUT2D eigenvalue weighted by atomic mass is 9.74. The molecule has 2 heterocycles. The fraction of sp³-hybridized carbons (Fsp3) is 0.462. The van der Waals surface area contributed by atoms with Crippen LogP contribution >= 0.6 is 0 Å². The van der Waals surface area contributed by atoms with E-state index in [4.69, 9.17) is 9.47 Å². The Kier molecular flexibility index (Phi) is 6.51. The number of carbonyl (C=O) groups is 2. The summed E-state index contributed by atoms with van der Waals surface area (Å²) in [6, 6.07) is 15.2. The summed E-state index contributed by atoms with van der Waals surface area (Å²) in [6.45, 7) is 6.30. The average molecular weight is 437 g/mol. The van der Waals surface area contributed by atoms with Crippen molar-refractivity contribution in [2.45, 2.75) is 44.7 Å². The van der Waals surface area contributed by atoms with Crippen LogP contribution < -0.4 is 10.1 Å². The molecule has 1 fully saturated rings. The SMILES string of the molecule is COc1ccc(C2(CNC(=O)C(C(C)C)N3Cc4ccccc4C3=O)CCOCC2)cc1. The lowest BCUT2D eigenvalue weighted by Gasteiger charge is -2.39.